The summed E-state index contributed by atoms with van der Waals surface area (Å²) in [7, 11) is -3.95. The van der Waals surface area contributed by atoms with Gasteiger partial charge in [-0.15, -0.1) is 0 Å². The second-order valence-electron chi connectivity index (χ2n) is 6.58. The molecule has 2 aromatic carbocycles. The van der Waals surface area contributed by atoms with Crippen molar-refractivity contribution in [3.63, 3.8) is 0 Å². The number of sulfonamides is 1. The van der Waals surface area contributed by atoms with E-state index in [1.165, 1.54) is 42.5 Å². The molecule has 11 heteroatoms. The number of nitrogens with zero attached hydrogens (tertiary/aromatic N) is 2. The number of nitro benzene ring substituents is 1. The highest BCUT2D eigenvalue weighted by atomic mass is 32.2. The predicted molar refractivity (Wildman–Crippen MR) is 108 cm³/mol. The molecule has 1 fully saturated rings. The number of anilines is 1. The Morgan fingerprint density at radius 2 is 1.87 bits per heavy atom. The molecule has 1 aliphatic heterocycles. The van der Waals surface area contributed by atoms with Gasteiger partial charge in [-0.3, -0.25) is 19.6 Å². The van der Waals surface area contributed by atoms with Crippen LogP contribution in [-0.2, 0) is 19.6 Å². The molecule has 30 heavy (non-hydrogen) atoms. The highest BCUT2D eigenvalue weighted by molar-refractivity contribution is 7.92. The maximum absolute atomic E-state index is 12.5. The Bertz CT molecular complexity index is 1020. The summed E-state index contributed by atoms with van der Waals surface area (Å²) in [5, 5.41) is 10.8. The molecule has 1 atom stereocenters. The van der Waals surface area contributed by atoms with E-state index in [0.29, 0.717) is 32.1 Å². The molecule has 10 nitrogen and oxygen atoms in total. The van der Waals surface area contributed by atoms with Crippen molar-refractivity contribution in [1.82, 2.24) is 4.90 Å². The lowest BCUT2D eigenvalue weighted by atomic mass is 10.3. The van der Waals surface area contributed by atoms with Gasteiger partial charge < -0.3 is 14.4 Å². The van der Waals surface area contributed by atoms with Crippen LogP contribution in [0.5, 0.6) is 5.75 Å². The van der Waals surface area contributed by atoms with Crippen LogP contribution in [-0.4, -0.2) is 56.6 Å². The molecule has 0 aromatic heterocycles. The van der Waals surface area contributed by atoms with Gasteiger partial charge in [0.15, 0.2) is 6.10 Å². The summed E-state index contributed by atoms with van der Waals surface area (Å²) in [5.41, 5.74) is -0.146. The van der Waals surface area contributed by atoms with E-state index in [2.05, 4.69) is 4.72 Å². The molecule has 1 aliphatic rings. The van der Waals surface area contributed by atoms with Gasteiger partial charge in [-0.25, -0.2) is 8.42 Å². The fourth-order valence-corrected chi connectivity index (χ4v) is 3.94. The van der Waals surface area contributed by atoms with Gasteiger partial charge in [-0.05, 0) is 37.3 Å². The fourth-order valence-electron chi connectivity index (χ4n) is 2.89. The van der Waals surface area contributed by atoms with Gasteiger partial charge in [0, 0.05) is 25.2 Å². The number of rotatable bonds is 7. The van der Waals surface area contributed by atoms with Gasteiger partial charge in [-0.2, -0.15) is 0 Å². The minimum atomic E-state index is -3.95. The first kappa shape index (κ1) is 21.5. The monoisotopic (exact) mass is 435 g/mol. The Morgan fingerprint density at radius 1 is 1.20 bits per heavy atom. The molecule has 0 radical (unpaired) electrons. The van der Waals surface area contributed by atoms with Crippen LogP contribution < -0.4 is 9.46 Å². The van der Waals surface area contributed by atoms with Gasteiger partial charge >= 0.3 is 0 Å². The van der Waals surface area contributed by atoms with E-state index in [1.807, 2.05) is 0 Å². The molecular formula is C19H21N3O7S. The van der Waals surface area contributed by atoms with E-state index in [9.17, 15) is 23.3 Å². The molecule has 160 valence electrons. The lowest BCUT2D eigenvalue weighted by Crippen LogP contribution is -2.46. The van der Waals surface area contributed by atoms with E-state index in [1.54, 1.807) is 11.8 Å². The predicted octanol–water partition coefficient (Wildman–Crippen LogP) is 2.02. The standard InChI is InChI=1S/C19H21N3O7S/c1-14(19(23)21-9-11-28-12-10-21)29-17-5-7-18(8-6-17)30(26,27)20-15-3-2-4-16(13-15)22(24)25/h2-8,13-14,20H,9-12H2,1H3/t14-/m1/s1. The van der Waals surface area contributed by atoms with Crippen molar-refractivity contribution in [1.29, 1.82) is 0 Å². The van der Waals surface area contributed by atoms with Gasteiger partial charge in [0.2, 0.25) is 0 Å². The van der Waals surface area contributed by atoms with Crippen LogP contribution in [0.15, 0.2) is 53.4 Å². The number of ether oxygens (including phenoxy) is 2. The fraction of sp³-hybridized carbons (Fsp3) is 0.316. The number of benzene rings is 2. The number of hydrogen-bond acceptors (Lipinski definition) is 7. The van der Waals surface area contributed by atoms with Crippen molar-refractivity contribution < 1.29 is 27.6 Å². The third-order valence-corrected chi connectivity index (χ3v) is 5.82. The van der Waals surface area contributed by atoms with E-state index in [4.69, 9.17) is 9.47 Å². The third kappa shape index (κ3) is 5.24. The van der Waals surface area contributed by atoms with Crippen LogP contribution in [0, 0.1) is 10.1 Å². The highest BCUT2D eigenvalue weighted by Crippen LogP contribution is 2.23. The number of nitrogens with one attached hydrogen (secondary N) is 1. The van der Waals surface area contributed by atoms with Crippen LogP contribution in [0.3, 0.4) is 0 Å². The first-order valence-electron chi connectivity index (χ1n) is 9.17. The van der Waals surface area contributed by atoms with E-state index >= 15 is 0 Å². The summed E-state index contributed by atoms with van der Waals surface area (Å²) in [6.07, 6.45) is -0.728. The number of amides is 1. The Labute approximate surface area is 173 Å². The van der Waals surface area contributed by atoms with Crippen LogP contribution in [0.25, 0.3) is 0 Å². The summed E-state index contributed by atoms with van der Waals surface area (Å²) in [5.74, 6) is 0.181. The van der Waals surface area contributed by atoms with Crippen molar-refractivity contribution in [3.05, 3.63) is 58.6 Å². The molecule has 0 unspecified atom stereocenters. The quantitative estimate of drug-likeness (QED) is 0.520. The largest absolute Gasteiger partial charge is 0.481 e. The molecule has 3 rings (SSSR count). The average molecular weight is 435 g/mol. The first-order valence-corrected chi connectivity index (χ1v) is 10.6. The normalized spacial score (nSPS) is 15.3. The summed E-state index contributed by atoms with van der Waals surface area (Å²) in [4.78, 5) is 24.3. The molecule has 0 bridgehead atoms. The summed E-state index contributed by atoms with van der Waals surface area (Å²) in [6.45, 7) is 3.62. The van der Waals surface area contributed by atoms with E-state index in [-0.39, 0.29) is 22.2 Å². The molecular weight excluding hydrogens is 414 g/mol. The molecule has 1 saturated heterocycles. The zero-order valence-electron chi connectivity index (χ0n) is 16.2. The summed E-state index contributed by atoms with van der Waals surface area (Å²) >= 11 is 0. The van der Waals surface area contributed by atoms with Crippen molar-refractivity contribution in [2.45, 2.75) is 17.9 Å². The minimum absolute atomic E-state index is 0.0477. The molecule has 1 amide bonds. The van der Waals surface area contributed by atoms with Crippen molar-refractivity contribution in [2.24, 2.45) is 0 Å². The number of non-ortho nitro benzene ring substituents is 1. The number of carbonyl (C=O) groups is 1. The van der Waals surface area contributed by atoms with Crippen LogP contribution >= 0.6 is 0 Å². The average Bonchev–Trinajstić information content (AvgIpc) is 2.74. The van der Waals surface area contributed by atoms with Crippen molar-refractivity contribution in [3.8, 4) is 5.75 Å². The topological polar surface area (TPSA) is 128 Å². The van der Waals surface area contributed by atoms with Crippen molar-refractivity contribution in [2.75, 3.05) is 31.0 Å². The second kappa shape index (κ2) is 9.09. The van der Waals surface area contributed by atoms with Crippen LogP contribution in [0.4, 0.5) is 11.4 Å². The minimum Gasteiger partial charge on any atom is -0.481 e. The molecule has 0 saturated carbocycles. The Balaban J connectivity index is 1.66. The van der Waals surface area contributed by atoms with Crippen molar-refractivity contribution >= 4 is 27.3 Å². The van der Waals surface area contributed by atoms with Gasteiger partial charge in [0.05, 0.1) is 28.7 Å². The zero-order chi connectivity index (χ0) is 21.7. The smallest absolute Gasteiger partial charge is 0.271 e. The lowest BCUT2D eigenvalue weighted by Gasteiger charge is -2.29. The molecule has 1 N–H and O–H groups in total. The Morgan fingerprint density at radius 3 is 2.50 bits per heavy atom. The Hall–Kier alpha value is -3.18. The SMILES string of the molecule is C[C@@H](Oc1ccc(S(=O)(=O)Nc2cccc([N+](=O)[O-])c2)cc1)C(=O)N1CCOCC1. The molecule has 0 spiro atoms. The summed E-state index contributed by atoms with van der Waals surface area (Å²) < 4.78 is 38.2. The first-order chi connectivity index (χ1) is 14.3. The van der Waals surface area contributed by atoms with Crippen LogP contribution in [0.2, 0.25) is 0 Å². The second-order valence-corrected chi connectivity index (χ2v) is 8.26. The zero-order valence-corrected chi connectivity index (χ0v) is 17.0. The molecule has 1 heterocycles. The number of hydrogen-bond donors (Lipinski definition) is 1. The van der Waals surface area contributed by atoms with Gasteiger partial charge in [0.1, 0.15) is 5.75 Å². The maximum Gasteiger partial charge on any atom is 0.271 e. The summed E-state index contributed by atoms with van der Waals surface area (Å²) in [6, 6.07) is 10.8. The van der Waals surface area contributed by atoms with Crippen LogP contribution in [0.1, 0.15) is 6.92 Å². The number of carbonyl (C=O) groups excluding carboxylic acids is 1. The van der Waals surface area contributed by atoms with Gasteiger partial charge in [-0.1, -0.05) is 6.07 Å². The lowest BCUT2D eigenvalue weighted by molar-refractivity contribution is -0.384. The Kier molecular flexibility index (Phi) is 6.53. The number of morpholine rings is 1. The van der Waals surface area contributed by atoms with E-state index in [0.717, 1.165) is 6.07 Å². The molecule has 2 aromatic rings. The number of nitro groups is 1. The molecule has 0 aliphatic carbocycles. The maximum atomic E-state index is 12.5. The third-order valence-electron chi connectivity index (χ3n) is 4.43. The van der Waals surface area contributed by atoms with Gasteiger partial charge in [0.25, 0.3) is 21.6 Å². The van der Waals surface area contributed by atoms with E-state index < -0.39 is 21.1 Å². The highest BCUT2D eigenvalue weighted by Gasteiger charge is 2.24.